The Morgan fingerprint density at radius 2 is 2.00 bits per heavy atom. The summed E-state index contributed by atoms with van der Waals surface area (Å²) in [4.78, 5) is 0. The molecule has 0 saturated heterocycles. The molecule has 1 aliphatic rings. The van der Waals surface area contributed by atoms with E-state index in [4.69, 9.17) is 0 Å². The van der Waals surface area contributed by atoms with E-state index in [1.165, 1.54) is 30.5 Å². The Labute approximate surface area is 118 Å². The minimum absolute atomic E-state index is 0.0903. The molecule has 1 saturated carbocycles. The standard InChI is InChI=1S/C15H22BrNO/c1-12-5-6-13(16)9-14(12)17-10-15(11-18)7-3-2-4-8-15/h5-6,9,17-18H,2-4,7-8,10-11H2,1H3. The van der Waals surface area contributed by atoms with Crippen molar-refractivity contribution in [2.45, 2.75) is 39.0 Å². The van der Waals surface area contributed by atoms with Crippen molar-refractivity contribution >= 4 is 21.6 Å². The van der Waals surface area contributed by atoms with Crippen LogP contribution in [-0.4, -0.2) is 18.3 Å². The lowest BCUT2D eigenvalue weighted by molar-refractivity contribution is 0.0944. The molecule has 0 bridgehead atoms. The lowest BCUT2D eigenvalue weighted by Gasteiger charge is -2.36. The van der Waals surface area contributed by atoms with Gasteiger partial charge >= 0.3 is 0 Å². The molecular formula is C15H22BrNO. The molecule has 1 aromatic carbocycles. The molecule has 0 amide bonds. The first-order valence-electron chi connectivity index (χ1n) is 6.76. The van der Waals surface area contributed by atoms with Gasteiger partial charge in [-0.2, -0.15) is 0 Å². The van der Waals surface area contributed by atoms with Gasteiger partial charge in [0.15, 0.2) is 0 Å². The predicted molar refractivity (Wildman–Crippen MR) is 80.0 cm³/mol. The third-order valence-electron chi connectivity index (χ3n) is 4.10. The molecule has 0 unspecified atom stereocenters. The first-order valence-corrected chi connectivity index (χ1v) is 7.55. The zero-order chi connectivity index (χ0) is 13.0. The highest BCUT2D eigenvalue weighted by molar-refractivity contribution is 9.10. The number of hydrogen-bond acceptors (Lipinski definition) is 2. The molecule has 3 heteroatoms. The summed E-state index contributed by atoms with van der Waals surface area (Å²) in [5.41, 5.74) is 2.51. The quantitative estimate of drug-likeness (QED) is 0.877. The topological polar surface area (TPSA) is 32.3 Å². The van der Waals surface area contributed by atoms with E-state index in [-0.39, 0.29) is 5.41 Å². The molecule has 2 N–H and O–H groups in total. The van der Waals surface area contributed by atoms with Gasteiger partial charge in [-0.05, 0) is 37.5 Å². The van der Waals surface area contributed by atoms with Gasteiger partial charge in [-0.3, -0.25) is 0 Å². The molecule has 0 heterocycles. The van der Waals surface area contributed by atoms with Crippen molar-refractivity contribution in [3.8, 4) is 0 Å². The number of aliphatic hydroxyl groups excluding tert-OH is 1. The lowest BCUT2D eigenvalue weighted by Crippen LogP contribution is -2.35. The highest BCUT2D eigenvalue weighted by Crippen LogP contribution is 2.36. The lowest BCUT2D eigenvalue weighted by atomic mass is 9.74. The number of anilines is 1. The Balaban J connectivity index is 2.03. The molecule has 18 heavy (non-hydrogen) atoms. The van der Waals surface area contributed by atoms with Crippen molar-refractivity contribution in [1.82, 2.24) is 0 Å². The Bertz CT molecular complexity index is 399. The second-order valence-electron chi connectivity index (χ2n) is 5.53. The fourth-order valence-corrected chi connectivity index (χ4v) is 3.12. The van der Waals surface area contributed by atoms with Crippen LogP contribution >= 0.6 is 15.9 Å². The summed E-state index contributed by atoms with van der Waals surface area (Å²) in [6.45, 7) is 3.29. The molecule has 0 radical (unpaired) electrons. The van der Waals surface area contributed by atoms with Crippen LogP contribution in [0, 0.1) is 12.3 Å². The number of rotatable bonds is 4. The second-order valence-corrected chi connectivity index (χ2v) is 6.45. The summed E-state index contributed by atoms with van der Waals surface area (Å²) < 4.78 is 1.09. The average molecular weight is 312 g/mol. The normalized spacial score (nSPS) is 18.6. The smallest absolute Gasteiger partial charge is 0.0504 e. The first kappa shape index (κ1) is 13.9. The van der Waals surface area contributed by atoms with Crippen LogP contribution in [0.1, 0.15) is 37.7 Å². The molecular weight excluding hydrogens is 290 g/mol. The zero-order valence-electron chi connectivity index (χ0n) is 11.0. The Hall–Kier alpha value is -0.540. The second kappa shape index (κ2) is 6.07. The van der Waals surface area contributed by atoms with Crippen LogP contribution in [0.15, 0.2) is 22.7 Å². The van der Waals surface area contributed by atoms with E-state index < -0.39 is 0 Å². The summed E-state index contributed by atoms with van der Waals surface area (Å²) >= 11 is 3.50. The Morgan fingerprint density at radius 1 is 1.28 bits per heavy atom. The zero-order valence-corrected chi connectivity index (χ0v) is 12.6. The predicted octanol–water partition coefficient (Wildman–Crippen LogP) is 4.11. The highest BCUT2D eigenvalue weighted by atomic mass is 79.9. The fraction of sp³-hybridized carbons (Fsp3) is 0.600. The average Bonchev–Trinajstić information content (AvgIpc) is 2.41. The van der Waals surface area contributed by atoms with E-state index >= 15 is 0 Å². The summed E-state index contributed by atoms with van der Waals surface area (Å²) in [5.74, 6) is 0. The van der Waals surface area contributed by atoms with Crippen LogP contribution in [0.5, 0.6) is 0 Å². The van der Waals surface area contributed by atoms with Gasteiger partial charge in [0.1, 0.15) is 0 Å². The van der Waals surface area contributed by atoms with E-state index in [2.05, 4.69) is 46.4 Å². The Morgan fingerprint density at radius 3 is 2.67 bits per heavy atom. The van der Waals surface area contributed by atoms with E-state index in [0.717, 1.165) is 23.9 Å². The van der Waals surface area contributed by atoms with Crippen molar-refractivity contribution in [1.29, 1.82) is 0 Å². The minimum atomic E-state index is 0.0903. The van der Waals surface area contributed by atoms with Gasteiger partial charge in [0.25, 0.3) is 0 Å². The molecule has 100 valence electrons. The van der Waals surface area contributed by atoms with Crippen LogP contribution in [0.25, 0.3) is 0 Å². The number of nitrogens with one attached hydrogen (secondary N) is 1. The Kier molecular flexibility index (Phi) is 4.68. The largest absolute Gasteiger partial charge is 0.396 e. The fourth-order valence-electron chi connectivity index (χ4n) is 2.76. The molecule has 0 aliphatic heterocycles. The van der Waals surface area contributed by atoms with Crippen LogP contribution in [0.2, 0.25) is 0 Å². The van der Waals surface area contributed by atoms with Gasteiger partial charge in [-0.25, -0.2) is 0 Å². The summed E-state index contributed by atoms with van der Waals surface area (Å²) in [7, 11) is 0. The highest BCUT2D eigenvalue weighted by Gasteiger charge is 2.31. The SMILES string of the molecule is Cc1ccc(Br)cc1NCC1(CO)CCCCC1. The van der Waals surface area contributed by atoms with Crippen molar-refractivity contribution in [2.75, 3.05) is 18.5 Å². The third-order valence-corrected chi connectivity index (χ3v) is 4.60. The molecule has 0 aromatic heterocycles. The van der Waals surface area contributed by atoms with E-state index in [0.29, 0.717) is 6.61 Å². The third kappa shape index (κ3) is 3.27. The first-order chi connectivity index (χ1) is 8.65. The van der Waals surface area contributed by atoms with Gasteiger partial charge in [0.2, 0.25) is 0 Å². The van der Waals surface area contributed by atoms with Crippen molar-refractivity contribution < 1.29 is 5.11 Å². The van der Waals surface area contributed by atoms with E-state index in [1.54, 1.807) is 0 Å². The van der Waals surface area contributed by atoms with Crippen LogP contribution in [-0.2, 0) is 0 Å². The molecule has 0 spiro atoms. The molecule has 0 atom stereocenters. The maximum atomic E-state index is 9.69. The molecule has 2 rings (SSSR count). The van der Waals surface area contributed by atoms with Gasteiger partial charge in [-0.15, -0.1) is 0 Å². The number of halogens is 1. The van der Waals surface area contributed by atoms with Crippen LogP contribution in [0.4, 0.5) is 5.69 Å². The van der Waals surface area contributed by atoms with Crippen molar-refractivity contribution in [3.63, 3.8) is 0 Å². The summed E-state index contributed by atoms with van der Waals surface area (Å²) in [6, 6.07) is 6.28. The maximum absolute atomic E-state index is 9.69. The molecule has 1 fully saturated rings. The molecule has 1 aromatic rings. The van der Waals surface area contributed by atoms with Crippen LogP contribution in [0.3, 0.4) is 0 Å². The number of aliphatic hydroxyl groups is 1. The minimum Gasteiger partial charge on any atom is -0.396 e. The summed E-state index contributed by atoms with van der Waals surface area (Å²) in [5, 5.41) is 13.2. The van der Waals surface area contributed by atoms with Crippen LogP contribution < -0.4 is 5.32 Å². The summed E-state index contributed by atoms with van der Waals surface area (Å²) in [6.07, 6.45) is 6.10. The monoisotopic (exact) mass is 311 g/mol. The maximum Gasteiger partial charge on any atom is 0.0504 e. The molecule has 2 nitrogen and oxygen atoms in total. The number of hydrogen-bond donors (Lipinski definition) is 2. The van der Waals surface area contributed by atoms with Gasteiger partial charge in [0, 0.05) is 22.1 Å². The van der Waals surface area contributed by atoms with Gasteiger partial charge < -0.3 is 10.4 Å². The van der Waals surface area contributed by atoms with Crippen molar-refractivity contribution in [2.24, 2.45) is 5.41 Å². The van der Waals surface area contributed by atoms with Gasteiger partial charge in [0.05, 0.1) is 6.61 Å². The van der Waals surface area contributed by atoms with E-state index in [1.807, 2.05) is 0 Å². The molecule has 1 aliphatic carbocycles. The van der Waals surface area contributed by atoms with Gasteiger partial charge in [-0.1, -0.05) is 41.3 Å². The van der Waals surface area contributed by atoms with E-state index in [9.17, 15) is 5.11 Å². The number of benzene rings is 1. The number of aryl methyl sites for hydroxylation is 1. The van der Waals surface area contributed by atoms with Crippen molar-refractivity contribution in [3.05, 3.63) is 28.2 Å².